The lowest BCUT2D eigenvalue weighted by molar-refractivity contribution is 0.102. The van der Waals surface area contributed by atoms with Gasteiger partial charge in [0.25, 0.3) is 5.91 Å². The number of rotatable bonds is 5. The summed E-state index contributed by atoms with van der Waals surface area (Å²) in [6, 6.07) is 12.3. The van der Waals surface area contributed by atoms with E-state index in [1.807, 2.05) is 13.0 Å². The summed E-state index contributed by atoms with van der Waals surface area (Å²) >= 11 is 1.15. The van der Waals surface area contributed by atoms with Crippen LogP contribution >= 0.6 is 11.3 Å². The van der Waals surface area contributed by atoms with Crippen LogP contribution in [0.4, 0.5) is 10.1 Å². The lowest BCUT2D eigenvalue weighted by Gasteiger charge is -2.30. The highest BCUT2D eigenvalue weighted by molar-refractivity contribution is 7.89. The number of carbonyl (C=O) groups is 1. The highest BCUT2D eigenvalue weighted by atomic mass is 32.2. The van der Waals surface area contributed by atoms with Gasteiger partial charge in [0.15, 0.2) is 0 Å². The first-order chi connectivity index (χ1) is 14.8. The van der Waals surface area contributed by atoms with Crippen molar-refractivity contribution >= 4 is 33.0 Å². The fourth-order valence-corrected chi connectivity index (χ4v) is 5.99. The fraction of sp³-hybridized carbons (Fsp3) is 0.286. The summed E-state index contributed by atoms with van der Waals surface area (Å²) in [6.45, 7) is 2.60. The number of nitrogens with zero attached hydrogens (tertiary/aromatic N) is 3. The highest BCUT2D eigenvalue weighted by Crippen LogP contribution is 2.32. The van der Waals surface area contributed by atoms with Gasteiger partial charge < -0.3 is 5.32 Å². The second-order valence-corrected chi connectivity index (χ2v) is 10.4. The molecule has 3 aromatic rings. The third-order valence-electron chi connectivity index (χ3n) is 5.10. The molecule has 0 radical (unpaired) electrons. The van der Waals surface area contributed by atoms with Gasteiger partial charge in [-0.15, -0.1) is 10.2 Å². The summed E-state index contributed by atoms with van der Waals surface area (Å²) in [5, 5.41) is 11.6. The van der Waals surface area contributed by atoms with E-state index in [-0.39, 0.29) is 15.8 Å². The van der Waals surface area contributed by atoms with Gasteiger partial charge in [-0.3, -0.25) is 4.79 Å². The van der Waals surface area contributed by atoms with E-state index < -0.39 is 21.7 Å². The number of nitrogens with one attached hydrogen (secondary N) is 1. The van der Waals surface area contributed by atoms with Crippen LogP contribution in [0.3, 0.4) is 0 Å². The minimum atomic E-state index is -3.60. The van der Waals surface area contributed by atoms with Crippen LogP contribution in [0.5, 0.6) is 0 Å². The molecule has 0 aliphatic carbocycles. The number of hydrogen-bond acceptors (Lipinski definition) is 6. The van der Waals surface area contributed by atoms with Gasteiger partial charge in [0.05, 0.1) is 4.90 Å². The first-order valence-electron chi connectivity index (χ1n) is 9.80. The lowest BCUT2D eigenvalue weighted by atomic mass is 10.0. The maximum atomic E-state index is 13.1. The molecule has 1 aromatic heterocycles. The van der Waals surface area contributed by atoms with Gasteiger partial charge >= 0.3 is 0 Å². The zero-order valence-corrected chi connectivity index (χ0v) is 18.4. The molecule has 1 aliphatic heterocycles. The molecule has 1 N–H and O–H groups in total. The molecule has 2 heterocycles. The largest absolute Gasteiger partial charge is 0.320 e. The van der Waals surface area contributed by atoms with E-state index in [4.69, 9.17) is 0 Å². The van der Waals surface area contributed by atoms with E-state index in [0.29, 0.717) is 30.2 Å². The molecule has 31 heavy (non-hydrogen) atoms. The molecule has 1 atom stereocenters. The Morgan fingerprint density at radius 1 is 1.19 bits per heavy atom. The number of aromatic nitrogens is 2. The molecule has 0 unspecified atom stereocenters. The zero-order chi connectivity index (χ0) is 22.0. The number of hydrogen-bond donors (Lipinski definition) is 1. The second kappa shape index (κ2) is 8.81. The second-order valence-electron chi connectivity index (χ2n) is 7.43. The van der Waals surface area contributed by atoms with E-state index in [0.717, 1.165) is 23.3 Å². The summed E-state index contributed by atoms with van der Waals surface area (Å²) in [5.74, 6) is -0.952. The Hall–Kier alpha value is -2.69. The van der Waals surface area contributed by atoms with Gasteiger partial charge in [0.2, 0.25) is 15.0 Å². The minimum absolute atomic E-state index is 0.127. The number of sulfonamides is 1. The van der Waals surface area contributed by atoms with Crippen LogP contribution in [-0.2, 0) is 10.0 Å². The van der Waals surface area contributed by atoms with Crippen molar-refractivity contribution in [1.82, 2.24) is 14.5 Å². The SMILES string of the molecule is Cc1cccc(S(=O)(=O)N2CCC[C@@H](c3nnc(C(=O)Nc4ccc(F)cc4)s3)C2)c1. The Labute approximate surface area is 184 Å². The highest BCUT2D eigenvalue weighted by Gasteiger charge is 2.32. The molecule has 0 bridgehead atoms. The van der Waals surface area contributed by atoms with Crippen LogP contribution in [-0.4, -0.2) is 41.9 Å². The number of benzene rings is 2. The molecular formula is C21H21FN4O3S2. The van der Waals surface area contributed by atoms with Crippen molar-refractivity contribution in [2.75, 3.05) is 18.4 Å². The standard InChI is InChI=1S/C21H21FN4O3S2/c1-14-4-2-6-18(12-14)31(28,29)26-11-3-5-15(13-26)20-24-25-21(30-20)19(27)23-17-9-7-16(22)8-10-17/h2,4,6-10,12,15H,3,5,11,13H2,1H3,(H,23,27)/t15-/m1/s1. The van der Waals surface area contributed by atoms with Crippen LogP contribution in [0.1, 0.15) is 39.1 Å². The van der Waals surface area contributed by atoms with Gasteiger partial charge in [0.1, 0.15) is 10.8 Å². The fourth-order valence-electron chi connectivity index (χ4n) is 3.50. The Balaban J connectivity index is 1.47. The summed E-state index contributed by atoms with van der Waals surface area (Å²) < 4.78 is 40.6. The first kappa shape index (κ1) is 21.5. The van der Waals surface area contributed by atoms with Gasteiger partial charge in [-0.2, -0.15) is 4.31 Å². The smallest absolute Gasteiger partial charge is 0.286 e. The Kier molecular flexibility index (Phi) is 6.12. The quantitative estimate of drug-likeness (QED) is 0.625. The van der Waals surface area contributed by atoms with Crippen LogP contribution in [0.25, 0.3) is 0 Å². The molecule has 0 saturated carbocycles. The van der Waals surface area contributed by atoms with Gasteiger partial charge in [-0.25, -0.2) is 12.8 Å². The maximum absolute atomic E-state index is 13.1. The number of aryl methyl sites for hydroxylation is 1. The van der Waals surface area contributed by atoms with Crippen LogP contribution in [0.2, 0.25) is 0 Å². The van der Waals surface area contributed by atoms with E-state index >= 15 is 0 Å². The molecule has 162 valence electrons. The van der Waals surface area contributed by atoms with E-state index in [9.17, 15) is 17.6 Å². The molecule has 1 saturated heterocycles. The predicted octanol–water partition coefficient (Wildman–Crippen LogP) is 3.81. The number of amides is 1. The Morgan fingerprint density at radius 3 is 2.71 bits per heavy atom. The molecule has 2 aromatic carbocycles. The van der Waals surface area contributed by atoms with E-state index in [1.54, 1.807) is 18.2 Å². The molecule has 1 fully saturated rings. The van der Waals surface area contributed by atoms with E-state index in [2.05, 4.69) is 15.5 Å². The molecule has 4 rings (SSSR count). The molecular weight excluding hydrogens is 439 g/mol. The maximum Gasteiger partial charge on any atom is 0.286 e. The third kappa shape index (κ3) is 4.81. The van der Waals surface area contributed by atoms with Gasteiger partial charge in [-0.1, -0.05) is 23.5 Å². The number of piperidine rings is 1. The normalized spacial score (nSPS) is 17.4. The Morgan fingerprint density at radius 2 is 1.97 bits per heavy atom. The topological polar surface area (TPSA) is 92.3 Å². The zero-order valence-electron chi connectivity index (χ0n) is 16.8. The van der Waals surface area contributed by atoms with E-state index in [1.165, 1.54) is 28.6 Å². The van der Waals surface area contributed by atoms with Crippen LogP contribution in [0.15, 0.2) is 53.4 Å². The van der Waals surface area contributed by atoms with Crippen molar-refractivity contribution in [2.45, 2.75) is 30.6 Å². The first-order valence-corrected chi connectivity index (χ1v) is 12.1. The van der Waals surface area contributed by atoms with Gasteiger partial charge in [-0.05, 0) is 61.7 Å². The number of anilines is 1. The average Bonchev–Trinajstić information content (AvgIpc) is 3.26. The van der Waals surface area contributed by atoms with Crippen molar-refractivity contribution in [3.63, 3.8) is 0 Å². The van der Waals surface area contributed by atoms with Crippen molar-refractivity contribution in [3.8, 4) is 0 Å². The minimum Gasteiger partial charge on any atom is -0.320 e. The lowest BCUT2D eigenvalue weighted by Crippen LogP contribution is -2.39. The third-order valence-corrected chi connectivity index (χ3v) is 8.04. The van der Waals surface area contributed by atoms with Crippen LogP contribution in [0, 0.1) is 12.7 Å². The molecule has 1 aliphatic rings. The number of halogens is 1. The molecule has 1 amide bonds. The van der Waals surface area contributed by atoms with Crippen molar-refractivity contribution in [2.24, 2.45) is 0 Å². The van der Waals surface area contributed by atoms with Crippen LogP contribution < -0.4 is 5.32 Å². The summed E-state index contributed by atoms with van der Waals surface area (Å²) in [4.78, 5) is 12.7. The average molecular weight is 461 g/mol. The predicted molar refractivity (Wildman–Crippen MR) is 116 cm³/mol. The van der Waals surface area contributed by atoms with Crippen molar-refractivity contribution in [1.29, 1.82) is 0 Å². The Bertz CT molecular complexity index is 1200. The van der Waals surface area contributed by atoms with Crippen molar-refractivity contribution < 1.29 is 17.6 Å². The van der Waals surface area contributed by atoms with Crippen molar-refractivity contribution in [3.05, 3.63) is 69.9 Å². The number of carbonyl (C=O) groups excluding carboxylic acids is 1. The monoisotopic (exact) mass is 460 g/mol. The van der Waals surface area contributed by atoms with Gasteiger partial charge in [0, 0.05) is 24.7 Å². The summed E-state index contributed by atoms with van der Waals surface area (Å²) in [6.07, 6.45) is 1.47. The molecule has 10 heteroatoms. The molecule has 7 nitrogen and oxygen atoms in total. The molecule has 0 spiro atoms. The summed E-state index contributed by atoms with van der Waals surface area (Å²) in [5.41, 5.74) is 1.34. The summed E-state index contributed by atoms with van der Waals surface area (Å²) in [7, 11) is -3.60.